The Kier molecular flexibility index (Phi) is 4.52. The van der Waals surface area contributed by atoms with Crippen LogP contribution in [-0.4, -0.2) is 29.5 Å². The maximum Gasteiger partial charge on any atom is 0.0501 e. The summed E-state index contributed by atoms with van der Waals surface area (Å²) in [5, 5.41) is 0. The molecule has 0 radical (unpaired) electrons. The minimum absolute atomic E-state index is 0.309. The summed E-state index contributed by atoms with van der Waals surface area (Å²) in [6, 6.07) is 4.47. The molecule has 0 fully saturated rings. The first-order valence-corrected chi connectivity index (χ1v) is 6.21. The van der Waals surface area contributed by atoms with E-state index in [0.717, 1.165) is 24.3 Å². The molecule has 1 atom stereocenters. The first-order chi connectivity index (χ1) is 7.80. The topological polar surface area (TPSA) is 42.1 Å². The largest absolute Gasteiger partial charge is 0.397 e. The smallest absolute Gasteiger partial charge is 0.0501 e. The van der Waals surface area contributed by atoms with Crippen molar-refractivity contribution < 1.29 is 0 Å². The van der Waals surface area contributed by atoms with Gasteiger partial charge < -0.3 is 10.6 Å². The molecule has 3 heteroatoms. The molecule has 0 spiro atoms. The fourth-order valence-electron chi connectivity index (χ4n) is 1.73. The van der Waals surface area contributed by atoms with E-state index in [1.165, 1.54) is 0 Å². The molecule has 0 aliphatic rings. The molecule has 96 valence electrons. The quantitative estimate of drug-likeness (QED) is 0.872. The highest BCUT2D eigenvalue weighted by Crippen LogP contribution is 2.22. The molecule has 0 aliphatic heterocycles. The Hall–Kier alpha value is -1.09. The van der Waals surface area contributed by atoms with Crippen LogP contribution in [0.1, 0.15) is 33.4 Å². The zero-order valence-corrected chi connectivity index (χ0v) is 11.7. The third-order valence-corrected chi connectivity index (χ3v) is 3.48. The SMILES string of the molecule is CC(N(C)CCc1ccc(N)cn1)C(C)(C)C. The van der Waals surface area contributed by atoms with Crippen LogP contribution < -0.4 is 5.73 Å². The Bertz CT molecular complexity index is 337. The van der Waals surface area contributed by atoms with E-state index in [9.17, 15) is 0 Å². The van der Waals surface area contributed by atoms with Crippen molar-refractivity contribution in [1.82, 2.24) is 9.88 Å². The van der Waals surface area contributed by atoms with E-state index < -0.39 is 0 Å². The molecule has 1 unspecified atom stereocenters. The minimum atomic E-state index is 0.309. The van der Waals surface area contributed by atoms with Gasteiger partial charge in [-0.1, -0.05) is 20.8 Å². The number of aromatic nitrogens is 1. The summed E-state index contributed by atoms with van der Waals surface area (Å²) in [6.45, 7) is 10.1. The summed E-state index contributed by atoms with van der Waals surface area (Å²) in [7, 11) is 2.17. The number of hydrogen-bond acceptors (Lipinski definition) is 3. The average Bonchev–Trinajstić information content (AvgIpc) is 2.25. The number of nitrogen functional groups attached to an aromatic ring is 1. The van der Waals surface area contributed by atoms with Gasteiger partial charge in [0.1, 0.15) is 0 Å². The van der Waals surface area contributed by atoms with E-state index in [0.29, 0.717) is 11.5 Å². The van der Waals surface area contributed by atoms with E-state index in [1.54, 1.807) is 6.20 Å². The molecule has 1 aromatic rings. The molecule has 0 saturated carbocycles. The highest BCUT2D eigenvalue weighted by molar-refractivity contribution is 5.34. The Labute approximate surface area is 105 Å². The molecule has 1 aromatic heterocycles. The number of rotatable bonds is 4. The summed E-state index contributed by atoms with van der Waals surface area (Å²) < 4.78 is 0. The summed E-state index contributed by atoms with van der Waals surface area (Å²) in [6.07, 6.45) is 2.69. The number of nitrogens with two attached hydrogens (primary N) is 1. The van der Waals surface area contributed by atoms with Crippen molar-refractivity contribution in [3.8, 4) is 0 Å². The first kappa shape index (κ1) is 14.0. The van der Waals surface area contributed by atoms with Gasteiger partial charge in [0, 0.05) is 24.7 Å². The van der Waals surface area contributed by atoms with Gasteiger partial charge in [0.2, 0.25) is 0 Å². The van der Waals surface area contributed by atoms with Crippen molar-refractivity contribution in [2.24, 2.45) is 5.41 Å². The standard InChI is InChI=1S/C14H25N3/c1-11(14(2,3)4)17(5)9-8-13-7-6-12(15)10-16-13/h6-7,10-11H,8-9,15H2,1-5H3. The maximum absolute atomic E-state index is 5.62. The van der Waals surface area contributed by atoms with Gasteiger partial charge in [-0.2, -0.15) is 0 Å². The lowest BCUT2D eigenvalue weighted by Gasteiger charge is -2.35. The summed E-state index contributed by atoms with van der Waals surface area (Å²) in [5.74, 6) is 0. The third kappa shape index (κ3) is 4.35. The molecule has 0 aromatic carbocycles. The van der Waals surface area contributed by atoms with Crippen molar-refractivity contribution in [2.75, 3.05) is 19.3 Å². The van der Waals surface area contributed by atoms with Crippen molar-refractivity contribution in [3.05, 3.63) is 24.0 Å². The molecule has 0 bridgehead atoms. The van der Waals surface area contributed by atoms with Crippen molar-refractivity contribution in [2.45, 2.75) is 40.2 Å². The predicted molar refractivity (Wildman–Crippen MR) is 73.9 cm³/mol. The van der Waals surface area contributed by atoms with Crippen molar-refractivity contribution >= 4 is 5.69 Å². The van der Waals surface area contributed by atoms with Gasteiger partial charge in [-0.25, -0.2) is 0 Å². The van der Waals surface area contributed by atoms with Gasteiger partial charge >= 0.3 is 0 Å². The monoisotopic (exact) mass is 235 g/mol. The second-order valence-corrected chi connectivity index (χ2v) is 5.86. The Morgan fingerprint density at radius 1 is 1.35 bits per heavy atom. The van der Waals surface area contributed by atoms with Crippen LogP contribution in [0.5, 0.6) is 0 Å². The molecule has 0 saturated heterocycles. The number of anilines is 1. The second-order valence-electron chi connectivity index (χ2n) is 5.86. The van der Waals surface area contributed by atoms with Crippen LogP contribution in [0.4, 0.5) is 5.69 Å². The lowest BCUT2D eigenvalue weighted by molar-refractivity contribution is 0.142. The number of pyridine rings is 1. The van der Waals surface area contributed by atoms with Gasteiger partial charge in [-0.15, -0.1) is 0 Å². The lowest BCUT2D eigenvalue weighted by Crippen LogP contribution is -2.40. The van der Waals surface area contributed by atoms with Crippen LogP contribution in [0.25, 0.3) is 0 Å². The fraction of sp³-hybridized carbons (Fsp3) is 0.643. The fourth-order valence-corrected chi connectivity index (χ4v) is 1.73. The van der Waals surface area contributed by atoms with Gasteiger partial charge in [0.15, 0.2) is 0 Å². The molecule has 3 nitrogen and oxygen atoms in total. The van der Waals surface area contributed by atoms with E-state index in [4.69, 9.17) is 5.73 Å². The zero-order valence-electron chi connectivity index (χ0n) is 11.7. The minimum Gasteiger partial charge on any atom is -0.397 e. The summed E-state index contributed by atoms with van der Waals surface area (Å²) in [5.41, 5.74) is 7.75. The van der Waals surface area contributed by atoms with Crippen LogP contribution in [-0.2, 0) is 6.42 Å². The molecule has 1 heterocycles. The number of hydrogen-bond donors (Lipinski definition) is 1. The molecule has 2 N–H and O–H groups in total. The van der Waals surface area contributed by atoms with Crippen molar-refractivity contribution in [1.29, 1.82) is 0 Å². The molecule has 17 heavy (non-hydrogen) atoms. The molecule has 1 rings (SSSR count). The van der Waals surface area contributed by atoms with Crippen LogP contribution in [0.3, 0.4) is 0 Å². The van der Waals surface area contributed by atoms with Gasteiger partial charge in [-0.3, -0.25) is 4.98 Å². The molecule has 0 aliphatic carbocycles. The first-order valence-electron chi connectivity index (χ1n) is 6.21. The third-order valence-electron chi connectivity index (χ3n) is 3.48. The van der Waals surface area contributed by atoms with E-state index >= 15 is 0 Å². The number of likely N-dealkylation sites (N-methyl/N-ethyl adjacent to an activating group) is 1. The maximum atomic E-state index is 5.62. The van der Waals surface area contributed by atoms with Crippen LogP contribution in [0, 0.1) is 5.41 Å². The van der Waals surface area contributed by atoms with Gasteiger partial charge in [-0.05, 0) is 31.5 Å². The average molecular weight is 235 g/mol. The van der Waals surface area contributed by atoms with Crippen molar-refractivity contribution in [3.63, 3.8) is 0 Å². The zero-order chi connectivity index (χ0) is 13.1. The summed E-state index contributed by atoms with van der Waals surface area (Å²) in [4.78, 5) is 6.71. The van der Waals surface area contributed by atoms with Crippen LogP contribution in [0.15, 0.2) is 18.3 Å². The van der Waals surface area contributed by atoms with Gasteiger partial charge in [0.05, 0.1) is 11.9 Å². The molecular formula is C14H25N3. The Balaban J connectivity index is 2.48. The van der Waals surface area contributed by atoms with E-state index in [2.05, 4.69) is 44.6 Å². The molecule has 0 amide bonds. The highest BCUT2D eigenvalue weighted by atomic mass is 15.1. The predicted octanol–water partition coefficient (Wildman–Crippen LogP) is 2.57. The Morgan fingerprint density at radius 3 is 2.47 bits per heavy atom. The van der Waals surface area contributed by atoms with Crippen LogP contribution in [0.2, 0.25) is 0 Å². The van der Waals surface area contributed by atoms with E-state index in [-0.39, 0.29) is 0 Å². The van der Waals surface area contributed by atoms with Gasteiger partial charge in [0.25, 0.3) is 0 Å². The van der Waals surface area contributed by atoms with Crippen LogP contribution >= 0.6 is 0 Å². The highest BCUT2D eigenvalue weighted by Gasteiger charge is 2.23. The van der Waals surface area contributed by atoms with E-state index in [1.807, 2.05) is 12.1 Å². The normalized spacial score (nSPS) is 14.0. The lowest BCUT2D eigenvalue weighted by atomic mass is 9.87. The second kappa shape index (κ2) is 5.50. The number of nitrogens with zero attached hydrogens (tertiary/aromatic N) is 2. The molecular weight excluding hydrogens is 210 g/mol. The summed E-state index contributed by atoms with van der Waals surface area (Å²) >= 11 is 0. The Morgan fingerprint density at radius 2 is 2.00 bits per heavy atom.